The van der Waals surface area contributed by atoms with Crippen LogP contribution >= 0.6 is 0 Å². The minimum absolute atomic E-state index is 0.0969. The van der Waals surface area contributed by atoms with Crippen molar-refractivity contribution in [3.63, 3.8) is 0 Å². The predicted octanol–water partition coefficient (Wildman–Crippen LogP) is 1.10. The molecule has 1 aromatic rings. The van der Waals surface area contributed by atoms with E-state index in [0.717, 1.165) is 0 Å². The summed E-state index contributed by atoms with van der Waals surface area (Å²) in [6.45, 7) is 1.42. The van der Waals surface area contributed by atoms with Gasteiger partial charge in [-0.1, -0.05) is 12.1 Å². The lowest BCUT2D eigenvalue weighted by molar-refractivity contribution is 0.101. The monoisotopic (exact) mass is 198 g/mol. The van der Waals surface area contributed by atoms with Gasteiger partial charge in [-0.2, -0.15) is 0 Å². The minimum atomic E-state index is -2.35. The van der Waals surface area contributed by atoms with E-state index in [1.165, 1.54) is 13.0 Å². The average molecular weight is 198 g/mol. The van der Waals surface area contributed by atoms with E-state index in [1.807, 2.05) is 0 Å². The molecule has 0 aliphatic carbocycles. The maximum Gasteiger partial charge on any atom is 0.159 e. The highest BCUT2D eigenvalue weighted by atomic mass is 32.2. The van der Waals surface area contributed by atoms with Gasteiger partial charge in [-0.15, -0.1) is 0 Å². The number of anilines is 1. The first-order chi connectivity index (χ1) is 6.09. The lowest BCUT2D eigenvalue weighted by atomic mass is 10.1. The molecule has 0 spiro atoms. The molecule has 0 saturated heterocycles. The molecule has 1 N–H and O–H groups in total. The largest absolute Gasteiger partial charge is 0.755 e. The Balaban J connectivity index is 2.91. The number of ketones is 1. The van der Waals surface area contributed by atoms with Gasteiger partial charge in [0.25, 0.3) is 0 Å². The molecular weight excluding hydrogens is 190 g/mol. The molecule has 1 atom stereocenters. The smallest absolute Gasteiger partial charge is 0.159 e. The first-order valence-electron chi connectivity index (χ1n) is 3.56. The Morgan fingerprint density at radius 1 is 1.54 bits per heavy atom. The summed E-state index contributed by atoms with van der Waals surface area (Å²) in [5, 5.41) is 0. The number of hydrogen-bond donors (Lipinski definition) is 1. The lowest BCUT2D eigenvalue weighted by Gasteiger charge is -2.08. The molecule has 1 rings (SSSR count). The van der Waals surface area contributed by atoms with E-state index in [0.29, 0.717) is 11.3 Å². The van der Waals surface area contributed by atoms with Gasteiger partial charge < -0.3 is 9.27 Å². The van der Waals surface area contributed by atoms with Crippen LogP contribution in [-0.4, -0.2) is 14.5 Å². The summed E-state index contributed by atoms with van der Waals surface area (Å²) >= 11 is -2.35. The Hall–Kier alpha value is -1.20. The van der Waals surface area contributed by atoms with Crippen LogP contribution in [0, 0.1) is 0 Å². The van der Waals surface area contributed by atoms with Crippen molar-refractivity contribution in [2.24, 2.45) is 0 Å². The van der Waals surface area contributed by atoms with Crippen LogP contribution in [0.2, 0.25) is 0 Å². The summed E-state index contributed by atoms with van der Waals surface area (Å²) in [6.07, 6.45) is 0. The third-order valence-electron chi connectivity index (χ3n) is 1.47. The molecule has 0 fully saturated rings. The van der Waals surface area contributed by atoms with E-state index >= 15 is 0 Å². The van der Waals surface area contributed by atoms with Crippen LogP contribution in [0.1, 0.15) is 17.3 Å². The maximum atomic E-state index is 10.9. The van der Waals surface area contributed by atoms with E-state index in [1.54, 1.807) is 18.2 Å². The molecule has 4 nitrogen and oxygen atoms in total. The maximum absolute atomic E-state index is 10.9. The summed E-state index contributed by atoms with van der Waals surface area (Å²) in [4.78, 5) is 10.9. The number of hydrogen-bond acceptors (Lipinski definition) is 3. The van der Waals surface area contributed by atoms with Crippen molar-refractivity contribution in [1.82, 2.24) is 0 Å². The zero-order valence-electron chi connectivity index (χ0n) is 6.94. The fraction of sp³-hybridized carbons (Fsp3) is 0.125. The van der Waals surface area contributed by atoms with Crippen LogP contribution in [-0.2, 0) is 11.3 Å². The predicted molar refractivity (Wildman–Crippen MR) is 49.0 cm³/mol. The van der Waals surface area contributed by atoms with Crippen LogP contribution in [0.25, 0.3) is 0 Å². The molecular formula is C8H8NO3S-. The van der Waals surface area contributed by atoms with Gasteiger partial charge in [0.05, 0.1) is 0 Å². The molecule has 0 amide bonds. The van der Waals surface area contributed by atoms with Gasteiger partial charge in [0.1, 0.15) is 0 Å². The zero-order chi connectivity index (χ0) is 9.84. The van der Waals surface area contributed by atoms with Gasteiger partial charge in [-0.05, 0) is 19.1 Å². The molecule has 0 aromatic heterocycles. The second kappa shape index (κ2) is 4.15. The van der Waals surface area contributed by atoms with Crippen molar-refractivity contribution in [2.45, 2.75) is 6.92 Å². The molecule has 0 heterocycles. The molecule has 0 aliphatic rings. The number of carbonyl (C=O) groups is 1. The highest BCUT2D eigenvalue weighted by Crippen LogP contribution is 2.11. The van der Waals surface area contributed by atoms with Gasteiger partial charge in [-0.25, -0.2) is 0 Å². The standard InChI is InChI=1S/C8H9NO3S/c1-6(10)7-3-2-4-8(5-7)9-13(11)12/h2-5,9H,1H3,(H,11,12)/p-1. The van der Waals surface area contributed by atoms with E-state index in [-0.39, 0.29) is 5.78 Å². The fourth-order valence-corrected chi connectivity index (χ4v) is 1.22. The second-order valence-corrected chi connectivity index (χ2v) is 3.15. The quantitative estimate of drug-likeness (QED) is 0.584. The van der Waals surface area contributed by atoms with Crippen LogP contribution in [0.3, 0.4) is 0 Å². The third-order valence-corrected chi connectivity index (χ3v) is 1.87. The Morgan fingerprint density at radius 3 is 2.77 bits per heavy atom. The Morgan fingerprint density at radius 2 is 2.23 bits per heavy atom. The summed E-state index contributed by atoms with van der Waals surface area (Å²) < 4.78 is 22.7. The van der Waals surface area contributed by atoms with E-state index in [2.05, 4.69) is 4.72 Å². The van der Waals surface area contributed by atoms with Crippen molar-refractivity contribution in [3.05, 3.63) is 29.8 Å². The van der Waals surface area contributed by atoms with Gasteiger partial charge in [0.2, 0.25) is 0 Å². The van der Waals surface area contributed by atoms with E-state index in [9.17, 15) is 13.6 Å². The van der Waals surface area contributed by atoms with Gasteiger partial charge in [0.15, 0.2) is 5.78 Å². The second-order valence-electron chi connectivity index (χ2n) is 2.47. The average Bonchev–Trinajstić information content (AvgIpc) is 2.03. The molecule has 70 valence electrons. The summed E-state index contributed by atoms with van der Waals surface area (Å²) in [5.74, 6) is -0.0969. The summed E-state index contributed by atoms with van der Waals surface area (Å²) in [7, 11) is 0. The highest BCUT2D eigenvalue weighted by Gasteiger charge is 1.99. The molecule has 0 radical (unpaired) electrons. The molecule has 5 heteroatoms. The van der Waals surface area contributed by atoms with E-state index in [4.69, 9.17) is 0 Å². The number of carbonyl (C=O) groups excluding carboxylic acids is 1. The zero-order valence-corrected chi connectivity index (χ0v) is 7.76. The normalized spacial score (nSPS) is 12.2. The molecule has 0 saturated carbocycles. The highest BCUT2D eigenvalue weighted by molar-refractivity contribution is 7.80. The van der Waals surface area contributed by atoms with Gasteiger partial charge in [-0.3, -0.25) is 9.00 Å². The van der Waals surface area contributed by atoms with Gasteiger partial charge >= 0.3 is 0 Å². The number of nitrogens with one attached hydrogen (secondary N) is 1. The van der Waals surface area contributed by atoms with Crippen molar-refractivity contribution < 1.29 is 13.6 Å². The Bertz CT molecular complexity index is 351. The van der Waals surface area contributed by atoms with Crippen molar-refractivity contribution in [1.29, 1.82) is 0 Å². The van der Waals surface area contributed by atoms with Crippen molar-refractivity contribution >= 4 is 22.7 Å². The third kappa shape index (κ3) is 2.96. The van der Waals surface area contributed by atoms with Gasteiger partial charge in [0, 0.05) is 22.5 Å². The molecule has 1 unspecified atom stereocenters. The van der Waals surface area contributed by atoms with Crippen molar-refractivity contribution in [2.75, 3.05) is 4.72 Å². The number of rotatable bonds is 3. The van der Waals surface area contributed by atoms with E-state index < -0.39 is 11.3 Å². The SMILES string of the molecule is CC(=O)c1cccc(NS(=O)[O-])c1. The number of Topliss-reactive ketones (excluding diaryl/α,β-unsaturated/α-hetero) is 1. The minimum Gasteiger partial charge on any atom is -0.755 e. The summed E-state index contributed by atoms with van der Waals surface area (Å²) in [5.41, 5.74) is 0.872. The van der Waals surface area contributed by atoms with Crippen LogP contribution in [0.5, 0.6) is 0 Å². The molecule has 0 bridgehead atoms. The van der Waals surface area contributed by atoms with Crippen LogP contribution in [0.4, 0.5) is 5.69 Å². The summed E-state index contributed by atoms with van der Waals surface area (Å²) in [6, 6.07) is 6.30. The lowest BCUT2D eigenvalue weighted by Crippen LogP contribution is -2.03. The van der Waals surface area contributed by atoms with Crippen LogP contribution < -0.4 is 4.72 Å². The Kier molecular flexibility index (Phi) is 3.16. The Labute approximate surface area is 78.4 Å². The van der Waals surface area contributed by atoms with Crippen molar-refractivity contribution in [3.8, 4) is 0 Å². The van der Waals surface area contributed by atoms with Crippen LogP contribution in [0.15, 0.2) is 24.3 Å². The first-order valence-corrected chi connectivity index (χ1v) is 4.64. The number of benzene rings is 1. The molecule has 13 heavy (non-hydrogen) atoms. The fourth-order valence-electron chi connectivity index (χ4n) is 0.898. The molecule has 0 aliphatic heterocycles. The molecule has 1 aromatic carbocycles. The topological polar surface area (TPSA) is 69.2 Å². The first kappa shape index (κ1) is 9.88.